The molecule has 0 unspecified atom stereocenters. The van der Waals surface area contributed by atoms with Crippen molar-refractivity contribution in [1.82, 2.24) is 15.5 Å². The molecule has 13 heteroatoms. The number of ether oxygens (including phenoxy) is 3. The lowest BCUT2D eigenvalue weighted by molar-refractivity contribution is -0.0905. The van der Waals surface area contributed by atoms with Crippen LogP contribution in [-0.4, -0.2) is 74.2 Å². The Morgan fingerprint density at radius 2 is 1.91 bits per heavy atom. The molecule has 0 spiro atoms. The third kappa shape index (κ3) is 8.35. The van der Waals surface area contributed by atoms with Gasteiger partial charge in [-0.05, 0) is 84.1 Å². The summed E-state index contributed by atoms with van der Waals surface area (Å²) < 4.78 is 59.2. The number of benzene rings is 2. The Kier molecular flexibility index (Phi) is 10.1. The predicted molar refractivity (Wildman–Crippen MR) is 165 cm³/mol. The molecule has 2 aliphatic rings. The molecule has 0 saturated carbocycles. The average Bonchev–Trinajstić information content (AvgIpc) is 3.08. The van der Waals surface area contributed by atoms with Crippen molar-refractivity contribution in [2.75, 3.05) is 39.2 Å². The van der Waals surface area contributed by atoms with E-state index in [0.717, 1.165) is 25.9 Å². The molecule has 1 saturated heterocycles. The maximum absolute atomic E-state index is 14.1. The molecular formula is C32H38F3N5O5. The van der Waals surface area contributed by atoms with E-state index in [9.17, 15) is 22.8 Å². The Hall–Kier alpha value is -4.52. The van der Waals surface area contributed by atoms with Gasteiger partial charge in [-0.25, -0.2) is 0 Å². The van der Waals surface area contributed by atoms with Gasteiger partial charge >= 0.3 is 6.18 Å². The molecule has 2 amide bonds. The highest BCUT2D eigenvalue weighted by Crippen LogP contribution is 2.36. The van der Waals surface area contributed by atoms with Crippen molar-refractivity contribution in [3.8, 4) is 17.2 Å². The number of hydrogen-bond acceptors (Lipinski definition) is 7. The minimum Gasteiger partial charge on any atom is -0.495 e. The van der Waals surface area contributed by atoms with Gasteiger partial charge in [0.15, 0.2) is 0 Å². The van der Waals surface area contributed by atoms with Gasteiger partial charge in [0, 0.05) is 11.6 Å². The number of rotatable bonds is 8. The zero-order valence-corrected chi connectivity index (χ0v) is 25.9. The van der Waals surface area contributed by atoms with Crippen LogP contribution in [0.3, 0.4) is 0 Å². The van der Waals surface area contributed by atoms with Crippen molar-refractivity contribution in [3.63, 3.8) is 0 Å². The van der Waals surface area contributed by atoms with Crippen molar-refractivity contribution < 1.29 is 37.0 Å². The van der Waals surface area contributed by atoms with E-state index in [0.29, 0.717) is 17.3 Å². The van der Waals surface area contributed by atoms with E-state index in [4.69, 9.17) is 14.2 Å². The molecule has 2 aromatic carbocycles. The first kappa shape index (κ1) is 33.4. The number of nitrogens with zero attached hydrogens (tertiary/aromatic N) is 2. The number of halogens is 3. The highest BCUT2D eigenvalue weighted by molar-refractivity contribution is 6.01. The lowest BCUT2D eigenvalue weighted by atomic mass is 10.0. The largest absolute Gasteiger partial charge is 0.495 e. The number of amides is 2. The van der Waals surface area contributed by atoms with Crippen LogP contribution in [0, 0.1) is 0 Å². The maximum atomic E-state index is 14.1. The van der Waals surface area contributed by atoms with E-state index >= 15 is 0 Å². The van der Waals surface area contributed by atoms with Gasteiger partial charge in [0.2, 0.25) is 5.88 Å². The molecule has 1 fully saturated rings. The Labute approximate surface area is 260 Å². The molecule has 45 heavy (non-hydrogen) atoms. The Balaban J connectivity index is 1.62. The van der Waals surface area contributed by atoms with E-state index in [1.165, 1.54) is 38.3 Å². The van der Waals surface area contributed by atoms with E-state index in [2.05, 4.69) is 32.4 Å². The molecule has 3 N–H and O–H groups in total. The molecule has 2 aliphatic heterocycles. The fourth-order valence-electron chi connectivity index (χ4n) is 4.90. The first-order chi connectivity index (χ1) is 21.2. The van der Waals surface area contributed by atoms with Gasteiger partial charge in [-0.3, -0.25) is 9.59 Å². The number of hydrogen-bond donors (Lipinski definition) is 3. The van der Waals surface area contributed by atoms with Crippen molar-refractivity contribution in [2.24, 2.45) is 4.99 Å². The topological polar surface area (TPSA) is 114 Å². The number of amidine groups is 1. The molecule has 0 atom stereocenters. The van der Waals surface area contributed by atoms with Crippen LogP contribution < -0.4 is 30.2 Å². The number of piperidine rings is 1. The lowest BCUT2D eigenvalue weighted by Gasteiger charge is -2.29. The van der Waals surface area contributed by atoms with E-state index in [-0.39, 0.29) is 47.2 Å². The van der Waals surface area contributed by atoms with Crippen LogP contribution in [0.1, 0.15) is 54.3 Å². The number of fused-ring (bicyclic) bond motifs is 1. The van der Waals surface area contributed by atoms with Gasteiger partial charge in [-0.1, -0.05) is 18.7 Å². The zero-order chi connectivity index (χ0) is 32.9. The summed E-state index contributed by atoms with van der Waals surface area (Å²) in [6.07, 6.45) is -2.60. The number of nitrogens with one attached hydrogen (secondary N) is 3. The van der Waals surface area contributed by atoms with Crippen molar-refractivity contribution in [2.45, 2.75) is 51.4 Å². The van der Waals surface area contributed by atoms with Gasteiger partial charge in [-0.2, -0.15) is 18.2 Å². The van der Waals surface area contributed by atoms with Crippen LogP contribution in [0.4, 0.5) is 18.9 Å². The summed E-state index contributed by atoms with van der Waals surface area (Å²) in [6.45, 7) is 10.2. The summed E-state index contributed by atoms with van der Waals surface area (Å²) in [5.41, 5.74) is -1.34. The van der Waals surface area contributed by atoms with Crippen molar-refractivity contribution in [1.29, 1.82) is 0 Å². The SMILES string of the molecule is C=C/C(=C(\N=C(/C)Nc1ccc(C(=O)NC2CCN(C)CC2)cc1OC)Oc1cccc2c1C(=O)NC(C)(C)CO2)C(F)(F)F. The number of carbonyl (C=O) groups excluding carboxylic acids is 2. The smallest absolute Gasteiger partial charge is 0.421 e. The minimum absolute atomic E-state index is 0.000664. The minimum atomic E-state index is -4.88. The lowest BCUT2D eigenvalue weighted by Crippen LogP contribution is -2.45. The van der Waals surface area contributed by atoms with E-state index in [1.807, 2.05) is 7.05 Å². The molecule has 2 aromatic rings. The number of carbonyl (C=O) groups is 2. The second kappa shape index (κ2) is 13.6. The number of aliphatic imine (C=N–C) groups is 1. The molecule has 0 bridgehead atoms. The summed E-state index contributed by atoms with van der Waals surface area (Å²) in [5, 5.41) is 8.75. The Morgan fingerprint density at radius 1 is 1.20 bits per heavy atom. The number of anilines is 1. The standard InChI is InChI=1S/C32H38F3N5O5/c1-7-22(32(33,34)35)30(45-25-10-8-9-24-27(25)29(42)39-31(3,4)18-44-24)37-19(2)36-23-12-11-20(17-26(23)43-6)28(41)38-21-13-15-40(5)16-14-21/h7-12,17,21H,1,13-16,18H2,2-6H3,(H,36,37)(H,38,41)(H,39,42)/b30-22-. The quantitative estimate of drug-likeness (QED) is 0.157. The number of likely N-dealkylation sites (tertiary alicyclic amines) is 1. The first-order valence-corrected chi connectivity index (χ1v) is 14.4. The average molecular weight is 630 g/mol. The first-order valence-electron chi connectivity index (χ1n) is 14.4. The van der Waals surface area contributed by atoms with Gasteiger partial charge in [0.1, 0.15) is 40.8 Å². The van der Waals surface area contributed by atoms with Crippen LogP contribution in [0.5, 0.6) is 17.2 Å². The fourth-order valence-corrected chi connectivity index (χ4v) is 4.90. The molecule has 10 nitrogen and oxygen atoms in total. The fraction of sp³-hybridized carbons (Fsp3) is 0.406. The molecule has 242 valence electrons. The molecule has 0 aromatic heterocycles. The molecular weight excluding hydrogens is 591 g/mol. The van der Waals surface area contributed by atoms with Gasteiger partial charge in [-0.15, -0.1) is 0 Å². The Morgan fingerprint density at radius 3 is 2.56 bits per heavy atom. The molecule has 2 heterocycles. The Bertz CT molecular complexity index is 1510. The normalized spacial score (nSPS) is 18.0. The summed E-state index contributed by atoms with van der Waals surface area (Å²) >= 11 is 0. The van der Waals surface area contributed by atoms with Crippen LogP contribution >= 0.6 is 0 Å². The van der Waals surface area contributed by atoms with E-state index in [1.54, 1.807) is 26.0 Å². The van der Waals surface area contributed by atoms with Crippen molar-refractivity contribution >= 4 is 23.3 Å². The molecule has 0 radical (unpaired) electrons. The van der Waals surface area contributed by atoms with Crippen LogP contribution in [-0.2, 0) is 0 Å². The molecule has 0 aliphatic carbocycles. The summed E-state index contributed by atoms with van der Waals surface area (Å²) in [7, 11) is 3.45. The third-order valence-electron chi connectivity index (χ3n) is 7.30. The summed E-state index contributed by atoms with van der Waals surface area (Å²) in [4.78, 5) is 32.3. The van der Waals surface area contributed by atoms with Gasteiger partial charge in [0.05, 0.1) is 18.3 Å². The monoisotopic (exact) mass is 629 g/mol. The third-order valence-corrected chi connectivity index (χ3v) is 7.30. The highest BCUT2D eigenvalue weighted by atomic mass is 19.4. The van der Waals surface area contributed by atoms with E-state index < -0.39 is 29.1 Å². The number of allylic oxidation sites excluding steroid dienone is 2. The van der Waals surface area contributed by atoms with Gasteiger partial charge in [0.25, 0.3) is 11.8 Å². The predicted octanol–water partition coefficient (Wildman–Crippen LogP) is 5.29. The summed E-state index contributed by atoms with van der Waals surface area (Å²) in [5.74, 6) is -1.42. The second-order valence-electron chi connectivity index (χ2n) is 11.6. The summed E-state index contributed by atoms with van der Waals surface area (Å²) in [6, 6.07) is 9.15. The van der Waals surface area contributed by atoms with Gasteiger partial charge < -0.3 is 35.1 Å². The van der Waals surface area contributed by atoms with Crippen molar-refractivity contribution in [3.05, 3.63) is 71.6 Å². The number of alkyl halides is 3. The number of methoxy groups -OCH3 is 1. The van der Waals surface area contributed by atoms with Crippen LogP contribution in [0.15, 0.2) is 65.5 Å². The molecule has 4 rings (SSSR count). The highest BCUT2D eigenvalue weighted by Gasteiger charge is 2.37. The maximum Gasteiger partial charge on any atom is 0.421 e. The zero-order valence-electron chi connectivity index (χ0n) is 25.9. The second-order valence-corrected chi connectivity index (χ2v) is 11.6. The van der Waals surface area contributed by atoms with Crippen LogP contribution in [0.2, 0.25) is 0 Å². The van der Waals surface area contributed by atoms with Crippen LogP contribution in [0.25, 0.3) is 0 Å².